The monoisotopic (exact) mass is 262 g/mol. The lowest BCUT2D eigenvalue weighted by atomic mass is 10.1. The van der Waals surface area contributed by atoms with Gasteiger partial charge in [0.05, 0.1) is 11.6 Å². The molecule has 0 aliphatic heterocycles. The Balaban J connectivity index is 2.53. The Hall–Kier alpha value is -2.39. The van der Waals surface area contributed by atoms with E-state index in [-0.39, 0.29) is 12.8 Å². The van der Waals surface area contributed by atoms with Crippen LogP contribution in [0.3, 0.4) is 0 Å². The molecule has 0 amide bonds. The molecule has 3 N–H and O–H groups in total. The Morgan fingerprint density at radius 1 is 1.26 bits per heavy atom. The first-order chi connectivity index (χ1) is 9.02. The van der Waals surface area contributed by atoms with Crippen LogP contribution in [0.2, 0.25) is 0 Å². The van der Waals surface area contributed by atoms with Crippen molar-refractivity contribution in [2.75, 3.05) is 0 Å². The Labute approximate surface area is 110 Å². The van der Waals surface area contributed by atoms with Crippen LogP contribution >= 0.6 is 0 Å². The van der Waals surface area contributed by atoms with Crippen molar-refractivity contribution in [3.63, 3.8) is 0 Å². The van der Waals surface area contributed by atoms with E-state index in [4.69, 9.17) is 15.5 Å². The van der Waals surface area contributed by atoms with Crippen molar-refractivity contribution in [2.45, 2.75) is 25.4 Å². The van der Waals surface area contributed by atoms with E-state index < -0.39 is 18.0 Å². The van der Waals surface area contributed by atoms with Crippen LogP contribution in [0.25, 0.3) is 0 Å². The highest BCUT2D eigenvalue weighted by molar-refractivity contribution is 5.75. The van der Waals surface area contributed by atoms with E-state index in [1.807, 2.05) is 6.07 Å². The maximum absolute atomic E-state index is 10.9. The minimum Gasteiger partial charge on any atom is -0.481 e. The summed E-state index contributed by atoms with van der Waals surface area (Å²) in [4.78, 5) is 21.4. The summed E-state index contributed by atoms with van der Waals surface area (Å²) >= 11 is 0. The molecule has 0 aromatic heterocycles. The Bertz CT molecular complexity index is 490. The molecule has 1 atom stereocenters. The Morgan fingerprint density at radius 2 is 1.89 bits per heavy atom. The van der Waals surface area contributed by atoms with Crippen LogP contribution in [0, 0.1) is 11.3 Å². The zero-order valence-corrected chi connectivity index (χ0v) is 10.2. The second kappa shape index (κ2) is 7.13. The lowest BCUT2D eigenvalue weighted by Crippen LogP contribution is -2.36. The van der Waals surface area contributed by atoms with E-state index in [1.165, 1.54) is 0 Å². The molecule has 100 valence electrons. The number of nitriles is 1. The fraction of sp³-hybridized carbons (Fsp3) is 0.308. The van der Waals surface area contributed by atoms with Crippen LogP contribution in [0.4, 0.5) is 0 Å². The molecule has 1 rings (SSSR count). The minimum atomic E-state index is -1.07. The van der Waals surface area contributed by atoms with Crippen LogP contribution in [0.15, 0.2) is 24.3 Å². The van der Waals surface area contributed by atoms with Gasteiger partial charge in [-0.25, -0.2) is 0 Å². The molecule has 0 saturated carbocycles. The summed E-state index contributed by atoms with van der Waals surface area (Å²) in [5.41, 5.74) is 1.37. The molecule has 6 nitrogen and oxygen atoms in total. The van der Waals surface area contributed by atoms with Crippen LogP contribution in [-0.2, 0) is 16.1 Å². The SMILES string of the molecule is N#Cc1ccc(CNC(CCC(=O)O)C(=O)O)cc1. The van der Waals surface area contributed by atoms with Crippen molar-refractivity contribution < 1.29 is 19.8 Å². The number of hydrogen-bond acceptors (Lipinski definition) is 4. The highest BCUT2D eigenvalue weighted by Gasteiger charge is 2.17. The third kappa shape index (κ3) is 5.19. The van der Waals surface area contributed by atoms with Crippen molar-refractivity contribution >= 4 is 11.9 Å². The molecule has 0 spiro atoms. The number of nitrogens with zero attached hydrogens (tertiary/aromatic N) is 1. The largest absolute Gasteiger partial charge is 0.481 e. The number of carboxylic acids is 2. The molecule has 1 unspecified atom stereocenters. The van der Waals surface area contributed by atoms with Gasteiger partial charge in [-0.3, -0.25) is 9.59 Å². The molecule has 0 aliphatic carbocycles. The van der Waals surface area contributed by atoms with Gasteiger partial charge in [0.2, 0.25) is 0 Å². The van der Waals surface area contributed by atoms with Gasteiger partial charge in [-0.1, -0.05) is 12.1 Å². The quantitative estimate of drug-likeness (QED) is 0.675. The number of nitrogens with one attached hydrogen (secondary N) is 1. The molecule has 0 saturated heterocycles. The average Bonchev–Trinajstić information content (AvgIpc) is 2.38. The number of carbonyl (C=O) groups is 2. The van der Waals surface area contributed by atoms with Gasteiger partial charge in [0.15, 0.2) is 0 Å². The summed E-state index contributed by atoms with van der Waals surface area (Å²) < 4.78 is 0. The predicted molar refractivity (Wildman–Crippen MR) is 66.3 cm³/mol. The molecular weight excluding hydrogens is 248 g/mol. The standard InChI is InChI=1S/C13H14N2O4/c14-7-9-1-3-10(4-2-9)8-15-11(13(18)19)5-6-12(16)17/h1-4,11,15H,5-6,8H2,(H,16,17)(H,18,19). The zero-order chi connectivity index (χ0) is 14.3. The van der Waals surface area contributed by atoms with Gasteiger partial charge in [0.1, 0.15) is 6.04 Å². The van der Waals surface area contributed by atoms with Crippen LogP contribution in [0.1, 0.15) is 24.0 Å². The highest BCUT2D eigenvalue weighted by Crippen LogP contribution is 2.05. The number of rotatable bonds is 7. The van der Waals surface area contributed by atoms with Crippen molar-refractivity contribution in [3.8, 4) is 6.07 Å². The molecule has 6 heteroatoms. The van der Waals surface area contributed by atoms with Crippen molar-refractivity contribution in [1.82, 2.24) is 5.32 Å². The van der Waals surface area contributed by atoms with E-state index >= 15 is 0 Å². The number of aliphatic carboxylic acids is 2. The van der Waals surface area contributed by atoms with Crippen molar-refractivity contribution in [3.05, 3.63) is 35.4 Å². The van der Waals surface area contributed by atoms with E-state index in [1.54, 1.807) is 24.3 Å². The Morgan fingerprint density at radius 3 is 2.37 bits per heavy atom. The fourth-order valence-corrected chi connectivity index (χ4v) is 1.52. The summed E-state index contributed by atoms with van der Waals surface area (Å²) in [7, 11) is 0. The van der Waals surface area contributed by atoms with Gasteiger partial charge in [-0.2, -0.15) is 5.26 Å². The first kappa shape index (κ1) is 14.7. The molecule has 1 aromatic carbocycles. The van der Waals surface area contributed by atoms with Crippen molar-refractivity contribution in [1.29, 1.82) is 5.26 Å². The van der Waals surface area contributed by atoms with Gasteiger partial charge in [-0.05, 0) is 24.1 Å². The summed E-state index contributed by atoms with van der Waals surface area (Å²) in [5, 5.41) is 28.9. The molecule has 1 aromatic rings. The minimum absolute atomic E-state index is 0.0287. The van der Waals surface area contributed by atoms with E-state index in [2.05, 4.69) is 5.32 Å². The summed E-state index contributed by atoms with van der Waals surface area (Å²) in [6.07, 6.45) is -0.168. The van der Waals surface area contributed by atoms with E-state index in [9.17, 15) is 9.59 Å². The first-order valence-electron chi connectivity index (χ1n) is 5.70. The van der Waals surface area contributed by atoms with Crippen LogP contribution in [0.5, 0.6) is 0 Å². The lowest BCUT2D eigenvalue weighted by Gasteiger charge is -2.13. The lowest BCUT2D eigenvalue weighted by molar-refractivity contribution is -0.140. The summed E-state index contributed by atoms with van der Waals surface area (Å²) in [6, 6.07) is 7.83. The molecule has 0 fully saturated rings. The molecule has 0 heterocycles. The zero-order valence-electron chi connectivity index (χ0n) is 10.2. The first-order valence-corrected chi connectivity index (χ1v) is 5.70. The smallest absolute Gasteiger partial charge is 0.320 e. The van der Waals surface area contributed by atoms with Crippen LogP contribution < -0.4 is 5.32 Å². The summed E-state index contributed by atoms with van der Waals surface area (Å²) in [5.74, 6) is -2.10. The van der Waals surface area contributed by atoms with Crippen molar-refractivity contribution in [2.24, 2.45) is 0 Å². The van der Waals surface area contributed by atoms with E-state index in [0.717, 1.165) is 5.56 Å². The number of hydrogen-bond donors (Lipinski definition) is 3. The topological polar surface area (TPSA) is 110 Å². The summed E-state index contributed by atoms with van der Waals surface area (Å²) in [6.45, 7) is 0.308. The number of benzene rings is 1. The second-order valence-corrected chi connectivity index (χ2v) is 4.01. The fourth-order valence-electron chi connectivity index (χ4n) is 1.52. The van der Waals surface area contributed by atoms with Gasteiger partial charge >= 0.3 is 11.9 Å². The average molecular weight is 262 g/mol. The highest BCUT2D eigenvalue weighted by atomic mass is 16.4. The van der Waals surface area contributed by atoms with E-state index in [0.29, 0.717) is 12.1 Å². The maximum Gasteiger partial charge on any atom is 0.320 e. The third-order valence-corrected chi connectivity index (χ3v) is 2.58. The molecule has 0 bridgehead atoms. The molecular formula is C13H14N2O4. The van der Waals surface area contributed by atoms with Gasteiger partial charge in [-0.15, -0.1) is 0 Å². The van der Waals surface area contributed by atoms with Gasteiger partial charge in [0.25, 0.3) is 0 Å². The van der Waals surface area contributed by atoms with Crippen LogP contribution in [-0.4, -0.2) is 28.2 Å². The molecule has 0 aliphatic rings. The number of carboxylic acid groups (broad SMARTS) is 2. The molecule has 0 radical (unpaired) electrons. The Kier molecular flexibility index (Phi) is 5.51. The second-order valence-electron chi connectivity index (χ2n) is 4.01. The van der Waals surface area contributed by atoms with Gasteiger partial charge < -0.3 is 15.5 Å². The van der Waals surface area contributed by atoms with Gasteiger partial charge in [0, 0.05) is 13.0 Å². The third-order valence-electron chi connectivity index (χ3n) is 2.58. The normalized spacial score (nSPS) is 11.5. The molecule has 19 heavy (non-hydrogen) atoms. The maximum atomic E-state index is 10.9. The predicted octanol–water partition coefficient (Wildman–Crippen LogP) is 0.966.